The Kier molecular flexibility index (Phi) is 4.72. The van der Waals surface area contributed by atoms with E-state index in [0.29, 0.717) is 17.5 Å². The van der Waals surface area contributed by atoms with Crippen LogP contribution in [-0.4, -0.2) is 24.2 Å². The van der Waals surface area contributed by atoms with Gasteiger partial charge in [0.05, 0.1) is 26.5 Å². The van der Waals surface area contributed by atoms with Crippen LogP contribution in [0.25, 0.3) is 0 Å². The first-order valence-electron chi connectivity index (χ1n) is 6.59. The van der Waals surface area contributed by atoms with Gasteiger partial charge in [-0.1, -0.05) is 18.2 Å². The normalized spacial score (nSPS) is 12.0. The van der Waals surface area contributed by atoms with Gasteiger partial charge in [-0.25, -0.2) is 10.4 Å². The molecule has 1 aromatic carbocycles. The number of ether oxygens (including phenoxy) is 2. The topological polar surface area (TPSA) is 82.3 Å². The second kappa shape index (κ2) is 6.51. The molecule has 112 valence electrons. The molecule has 0 aliphatic carbocycles. The maximum atomic E-state index is 5.76. The highest BCUT2D eigenvalue weighted by Crippen LogP contribution is 2.31. The summed E-state index contributed by atoms with van der Waals surface area (Å²) in [6.07, 6.45) is 1.55. The number of nitrogens with two attached hydrogens (primary N) is 1. The standard InChI is InChI=1S/C15H20N4O2/c1-9-6-5-7-10(2)12(9)13(19-16)14-15(21-4)18-11(20-3)8-17-14/h5-8,13,19H,16H2,1-4H3. The predicted molar refractivity (Wildman–Crippen MR) is 80.2 cm³/mol. The summed E-state index contributed by atoms with van der Waals surface area (Å²) in [7, 11) is 3.08. The first kappa shape index (κ1) is 15.2. The fourth-order valence-electron chi connectivity index (χ4n) is 2.39. The van der Waals surface area contributed by atoms with Crippen LogP contribution in [0.2, 0.25) is 0 Å². The zero-order valence-electron chi connectivity index (χ0n) is 12.7. The Morgan fingerprint density at radius 1 is 1.14 bits per heavy atom. The van der Waals surface area contributed by atoms with Crippen LogP contribution < -0.4 is 20.7 Å². The third-order valence-corrected chi connectivity index (χ3v) is 3.42. The van der Waals surface area contributed by atoms with Gasteiger partial charge in [0, 0.05) is 0 Å². The van der Waals surface area contributed by atoms with Gasteiger partial charge in [0.15, 0.2) is 0 Å². The Hall–Kier alpha value is -2.18. The van der Waals surface area contributed by atoms with Crippen LogP contribution in [-0.2, 0) is 0 Å². The van der Waals surface area contributed by atoms with Gasteiger partial charge >= 0.3 is 0 Å². The number of nitrogens with zero attached hydrogens (tertiary/aromatic N) is 2. The molecule has 0 aliphatic rings. The van der Waals surface area contributed by atoms with E-state index in [1.807, 2.05) is 32.0 Å². The lowest BCUT2D eigenvalue weighted by Crippen LogP contribution is -2.31. The summed E-state index contributed by atoms with van der Waals surface area (Å²) in [6.45, 7) is 4.08. The summed E-state index contributed by atoms with van der Waals surface area (Å²) in [5.74, 6) is 6.55. The maximum Gasteiger partial charge on any atom is 0.240 e. The number of hydrazine groups is 1. The third-order valence-electron chi connectivity index (χ3n) is 3.42. The monoisotopic (exact) mass is 288 g/mol. The van der Waals surface area contributed by atoms with E-state index in [1.165, 1.54) is 7.11 Å². The minimum absolute atomic E-state index is 0.306. The molecule has 0 bridgehead atoms. The highest BCUT2D eigenvalue weighted by molar-refractivity contribution is 5.42. The van der Waals surface area contributed by atoms with Crippen LogP contribution in [0.15, 0.2) is 24.4 Å². The van der Waals surface area contributed by atoms with E-state index in [2.05, 4.69) is 15.4 Å². The molecule has 1 heterocycles. The summed E-state index contributed by atoms with van der Waals surface area (Å²) in [4.78, 5) is 8.66. The second-order valence-corrected chi connectivity index (χ2v) is 4.71. The van der Waals surface area contributed by atoms with Gasteiger partial charge in [-0.2, -0.15) is 4.98 Å². The van der Waals surface area contributed by atoms with Crippen molar-refractivity contribution in [2.45, 2.75) is 19.9 Å². The summed E-state index contributed by atoms with van der Waals surface area (Å²) < 4.78 is 10.4. The number of methoxy groups -OCH3 is 2. The molecule has 0 spiro atoms. The van der Waals surface area contributed by atoms with E-state index in [0.717, 1.165) is 16.7 Å². The molecule has 6 heteroatoms. The number of benzene rings is 1. The smallest absolute Gasteiger partial charge is 0.240 e. The van der Waals surface area contributed by atoms with E-state index in [9.17, 15) is 0 Å². The largest absolute Gasteiger partial charge is 0.480 e. The van der Waals surface area contributed by atoms with Gasteiger partial charge < -0.3 is 9.47 Å². The van der Waals surface area contributed by atoms with Crippen molar-refractivity contribution in [3.63, 3.8) is 0 Å². The molecule has 2 aromatic rings. The van der Waals surface area contributed by atoms with Crippen LogP contribution in [0.1, 0.15) is 28.4 Å². The summed E-state index contributed by atoms with van der Waals surface area (Å²) >= 11 is 0. The van der Waals surface area contributed by atoms with E-state index in [1.54, 1.807) is 13.3 Å². The van der Waals surface area contributed by atoms with Crippen molar-refractivity contribution in [3.05, 3.63) is 46.8 Å². The maximum absolute atomic E-state index is 5.76. The third kappa shape index (κ3) is 2.96. The van der Waals surface area contributed by atoms with Gasteiger partial charge in [0.1, 0.15) is 5.69 Å². The van der Waals surface area contributed by atoms with Gasteiger partial charge in [0.25, 0.3) is 0 Å². The molecule has 1 unspecified atom stereocenters. The van der Waals surface area contributed by atoms with Crippen molar-refractivity contribution in [1.29, 1.82) is 0 Å². The molecule has 0 amide bonds. The van der Waals surface area contributed by atoms with E-state index in [-0.39, 0.29) is 6.04 Å². The Morgan fingerprint density at radius 3 is 2.33 bits per heavy atom. The first-order chi connectivity index (χ1) is 10.1. The molecule has 3 N–H and O–H groups in total. The highest BCUT2D eigenvalue weighted by Gasteiger charge is 2.23. The lowest BCUT2D eigenvalue weighted by molar-refractivity contribution is 0.352. The number of rotatable bonds is 5. The van der Waals surface area contributed by atoms with Gasteiger partial charge in [-0.15, -0.1) is 0 Å². The van der Waals surface area contributed by atoms with E-state index < -0.39 is 0 Å². The quantitative estimate of drug-likeness (QED) is 0.643. The van der Waals surface area contributed by atoms with Crippen molar-refractivity contribution in [1.82, 2.24) is 15.4 Å². The Balaban J connectivity index is 2.56. The zero-order chi connectivity index (χ0) is 15.4. The molecule has 21 heavy (non-hydrogen) atoms. The second-order valence-electron chi connectivity index (χ2n) is 4.71. The molecule has 0 saturated carbocycles. The number of aryl methyl sites for hydroxylation is 2. The van der Waals surface area contributed by atoms with E-state index >= 15 is 0 Å². The molecule has 2 rings (SSSR count). The minimum Gasteiger partial charge on any atom is -0.480 e. The molecular weight excluding hydrogens is 268 g/mol. The van der Waals surface area contributed by atoms with Crippen molar-refractivity contribution < 1.29 is 9.47 Å². The first-order valence-corrected chi connectivity index (χ1v) is 6.59. The molecule has 0 fully saturated rings. The minimum atomic E-state index is -0.306. The number of aromatic nitrogens is 2. The van der Waals surface area contributed by atoms with Crippen molar-refractivity contribution >= 4 is 0 Å². The Morgan fingerprint density at radius 2 is 1.81 bits per heavy atom. The van der Waals surface area contributed by atoms with Crippen LogP contribution in [0.3, 0.4) is 0 Å². The van der Waals surface area contributed by atoms with Crippen LogP contribution in [0.4, 0.5) is 0 Å². The van der Waals surface area contributed by atoms with Gasteiger partial charge in [0.2, 0.25) is 11.8 Å². The fourth-order valence-corrected chi connectivity index (χ4v) is 2.39. The van der Waals surface area contributed by atoms with Gasteiger partial charge in [-0.05, 0) is 30.5 Å². The average Bonchev–Trinajstić information content (AvgIpc) is 2.50. The van der Waals surface area contributed by atoms with Gasteiger partial charge in [-0.3, -0.25) is 5.84 Å². The Bertz CT molecular complexity index is 611. The van der Waals surface area contributed by atoms with Crippen molar-refractivity contribution in [3.8, 4) is 11.8 Å². The number of hydrogen-bond donors (Lipinski definition) is 2. The number of hydrogen-bond acceptors (Lipinski definition) is 6. The van der Waals surface area contributed by atoms with Crippen LogP contribution >= 0.6 is 0 Å². The Labute approximate surface area is 124 Å². The van der Waals surface area contributed by atoms with E-state index in [4.69, 9.17) is 15.3 Å². The predicted octanol–water partition coefficient (Wildman–Crippen LogP) is 1.66. The lowest BCUT2D eigenvalue weighted by Gasteiger charge is -2.21. The molecule has 1 aromatic heterocycles. The summed E-state index contributed by atoms with van der Waals surface area (Å²) in [5, 5.41) is 0. The fraction of sp³-hybridized carbons (Fsp3) is 0.333. The van der Waals surface area contributed by atoms with Crippen molar-refractivity contribution in [2.75, 3.05) is 14.2 Å². The molecular formula is C15H20N4O2. The SMILES string of the molecule is COc1cnc(C(NN)c2c(C)cccc2C)c(OC)n1. The summed E-state index contributed by atoms with van der Waals surface area (Å²) in [5.41, 5.74) is 6.74. The van der Waals surface area contributed by atoms with Crippen LogP contribution in [0.5, 0.6) is 11.8 Å². The zero-order valence-corrected chi connectivity index (χ0v) is 12.7. The van der Waals surface area contributed by atoms with Crippen LogP contribution in [0, 0.1) is 13.8 Å². The summed E-state index contributed by atoms with van der Waals surface area (Å²) in [6, 6.07) is 5.78. The van der Waals surface area contributed by atoms with Crippen molar-refractivity contribution in [2.24, 2.45) is 5.84 Å². The molecule has 0 aliphatic heterocycles. The molecule has 0 radical (unpaired) electrons. The highest BCUT2D eigenvalue weighted by atomic mass is 16.5. The number of nitrogens with one attached hydrogen (secondary N) is 1. The molecule has 6 nitrogen and oxygen atoms in total. The molecule has 0 saturated heterocycles. The molecule has 1 atom stereocenters. The lowest BCUT2D eigenvalue weighted by atomic mass is 9.94. The average molecular weight is 288 g/mol.